The van der Waals surface area contributed by atoms with Crippen LogP contribution in [0.1, 0.15) is 6.92 Å². The average Bonchev–Trinajstić information content (AvgIpc) is 2.56. The van der Waals surface area contributed by atoms with E-state index in [1.165, 1.54) is 4.31 Å². The second kappa shape index (κ2) is 8.22. The number of rotatable bonds is 5. The number of amides is 2. The predicted octanol–water partition coefficient (Wildman–Crippen LogP) is -1.15. The summed E-state index contributed by atoms with van der Waals surface area (Å²) in [6, 6.07) is 8.29. The first-order valence-electron chi connectivity index (χ1n) is 7.79. The van der Waals surface area contributed by atoms with Gasteiger partial charge in [-0.05, 0) is 19.1 Å². The van der Waals surface area contributed by atoms with Crippen molar-refractivity contribution in [2.45, 2.75) is 11.8 Å². The van der Waals surface area contributed by atoms with Gasteiger partial charge < -0.3 is 9.64 Å². The fourth-order valence-electron chi connectivity index (χ4n) is 2.51. The fourth-order valence-corrected chi connectivity index (χ4v) is 3.98. The number of hydrogen-bond acceptors (Lipinski definition) is 5. The summed E-state index contributed by atoms with van der Waals surface area (Å²) in [6.07, 6.45) is -0.757. The second-order valence-corrected chi connectivity index (χ2v) is 7.35. The Morgan fingerprint density at radius 2 is 1.83 bits per heavy atom. The van der Waals surface area contributed by atoms with Gasteiger partial charge in [0.1, 0.15) is 0 Å². The van der Waals surface area contributed by atoms with Crippen LogP contribution in [0.2, 0.25) is 0 Å². The molecular formula is C15H22N3O5S+. The van der Waals surface area contributed by atoms with Crippen LogP contribution < -0.4 is 10.2 Å². The maximum absolute atomic E-state index is 12.5. The lowest BCUT2D eigenvalue weighted by atomic mass is 10.3. The van der Waals surface area contributed by atoms with Gasteiger partial charge in [0.2, 0.25) is 10.0 Å². The predicted molar refractivity (Wildman–Crippen MR) is 85.9 cm³/mol. The van der Waals surface area contributed by atoms with Gasteiger partial charge in [-0.15, -0.1) is 0 Å². The number of imide groups is 1. The molecule has 2 amide bonds. The SMILES string of the molecule is CCOC(=O)NC(=O)C[NH+]1CCN(S(=O)(=O)c2ccccc2)CC1. The second-order valence-electron chi connectivity index (χ2n) is 5.41. The van der Waals surface area contributed by atoms with Crippen LogP contribution in [-0.2, 0) is 19.6 Å². The van der Waals surface area contributed by atoms with Crippen LogP contribution in [0.25, 0.3) is 0 Å². The summed E-state index contributed by atoms with van der Waals surface area (Å²) in [5, 5.41) is 2.14. The molecule has 0 atom stereocenters. The van der Waals surface area contributed by atoms with Crippen LogP contribution in [0, 0.1) is 0 Å². The summed E-state index contributed by atoms with van der Waals surface area (Å²) in [5.41, 5.74) is 0. The van der Waals surface area contributed by atoms with E-state index < -0.39 is 22.0 Å². The van der Waals surface area contributed by atoms with Crippen molar-refractivity contribution < 1.29 is 27.6 Å². The van der Waals surface area contributed by atoms with Crippen molar-refractivity contribution in [2.24, 2.45) is 0 Å². The van der Waals surface area contributed by atoms with Crippen LogP contribution in [0.15, 0.2) is 35.2 Å². The molecule has 0 aliphatic carbocycles. The first-order chi connectivity index (χ1) is 11.4. The number of carbonyl (C=O) groups excluding carboxylic acids is 2. The normalized spacial score (nSPS) is 16.5. The molecule has 8 nitrogen and oxygen atoms in total. The van der Waals surface area contributed by atoms with E-state index in [-0.39, 0.29) is 18.0 Å². The lowest BCUT2D eigenvalue weighted by Crippen LogP contribution is -3.15. The molecule has 1 aromatic carbocycles. The summed E-state index contributed by atoms with van der Waals surface area (Å²) >= 11 is 0. The van der Waals surface area contributed by atoms with Gasteiger partial charge >= 0.3 is 6.09 Å². The minimum atomic E-state index is -3.49. The van der Waals surface area contributed by atoms with Crippen LogP contribution in [0.4, 0.5) is 4.79 Å². The van der Waals surface area contributed by atoms with Crippen molar-refractivity contribution in [3.05, 3.63) is 30.3 Å². The van der Waals surface area contributed by atoms with E-state index in [2.05, 4.69) is 10.1 Å². The Morgan fingerprint density at radius 1 is 1.21 bits per heavy atom. The zero-order valence-electron chi connectivity index (χ0n) is 13.5. The van der Waals surface area contributed by atoms with Gasteiger partial charge in [0.15, 0.2) is 6.54 Å². The lowest BCUT2D eigenvalue weighted by Gasteiger charge is -2.31. The third-order valence-electron chi connectivity index (χ3n) is 3.74. The smallest absolute Gasteiger partial charge is 0.414 e. The van der Waals surface area contributed by atoms with E-state index in [4.69, 9.17) is 0 Å². The van der Waals surface area contributed by atoms with Crippen LogP contribution in [-0.4, -0.2) is 64.1 Å². The van der Waals surface area contributed by atoms with E-state index in [9.17, 15) is 18.0 Å². The molecule has 0 radical (unpaired) electrons. The highest BCUT2D eigenvalue weighted by atomic mass is 32.2. The topological polar surface area (TPSA) is 97.2 Å². The monoisotopic (exact) mass is 356 g/mol. The van der Waals surface area contributed by atoms with Crippen molar-refractivity contribution in [1.82, 2.24) is 9.62 Å². The number of hydrogen-bond donors (Lipinski definition) is 2. The zero-order valence-corrected chi connectivity index (χ0v) is 14.3. The molecule has 1 aromatic rings. The van der Waals surface area contributed by atoms with Gasteiger partial charge in [-0.2, -0.15) is 4.31 Å². The number of piperazine rings is 1. The van der Waals surface area contributed by atoms with Crippen molar-refractivity contribution in [3.8, 4) is 0 Å². The van der Waals surface area contributed by atoms with Gasteiger partial charge in [0.05, 0.1) is 37.7 Å². The van der Waals surface area contributed by atoms with Crippen molar-refractivity contribution in [2.75, 3.05) is 39.3 Å². The number of quaternary nitrogens is 1. The molecule has 0 aromatic heterocycles. The van der Waals surface area contributed by atoms with Gasteiger partial charge in [-0.25, -0.2) is 13.2 Å². The Bertz CT molecular complexity index is 670. The van der Waals surface area contributed by atoms with Gasteiger partial charge in [-0.1, -0.05) is 18.2 Å². The van der Waals surface area contributed by atoms with Crippen LogP contribution >= 0.6 is 0 Å². The lowest BCUT2D eigenvalue weighted by molar-refractivity contribution is -0.895. The number of alkyl carbamates (subject to hydrolysis) is 1. The molecule has 24 heavy (non-hydrogen) atoms. The molecule has 1 heterocycles. The van der Waals surface area contributed by atoms with E-state index in [0.717, 1.165) is 4.90 Å². The van der Waals surface area contributed by atoms with E-state index in [1.54, 1.807) is 37.3 Å². The Labute approximate surface area is 141 Å². The highest BCUT2D eigenvalue weighted by Crippen LogP contribution is 2.14. The van der Waals surface area contributed by atoms with Crippen molar-refractivity contribution >= 4 is 22.0 Å². The maximum Gasteiger partial charge on any atom is 0.414 e. The summed E-state index contributed by atoms with van der Waals surface area (Å²) in [4.78, 5) is 24.1. The van der Waals surface area contributed by atoms with Crippen molar-refractivity contribution in [3.63, 3.8) is 0 Å². The molecule has 9 heteroatoms. The zero-order chi connectivity index (χ0) is 17.6. The first kappa shape index (κ1) is 18.4. The summed E-state index contributed by atoms with van der Waals surface area (Å²) in [7, 11) is -3.49. The molecule has 132 valence electrons. The number of nitrogens with zero attached hydrogens (tertiary/aromatic N) is 1. The largest absolute Gasteiger partial charge is 0.450 e. The molecule has 0 spiro atoms. The van der Waals surface area contributed by atoms with E-state index in [0.29, 0.717) is 26.2 Å². The van der Waals surface area contributed by atoms with E-state index in [1.807, 2.05) is 0 Å². The molecule has 2 rings (SSSR count). The number of carbonyl (C=O) groups is 2. The van der Waals surface area contributed by atoms with Crippen LogP contribution in [0.3, 0.4) is 0 Å². The van der Waals surface area contributed by atoms with Gasteiger partial charge in [-0.3, -0.25) is 10.1 Å². The quantitative estimate of drug-likeness (QED) is 0.694. The molecule has 0 unspecified atom stereocenters. The Morgan fingerprint density at radius 3 is 2.42 bits per heavy atom. The van der Waals surface area contributed by atoms with Crippen LogP contribution in [0.5, 0.6) is 0 Å². The molecule has 0 saturated carbocycles. The molecule has 1 fully saturated rings. The summed E-state index contributed by atoms with van der Waals surface area (Å²) in [5.74, 6) is -0.428. The number of benzene rings is 1. The van der Waals surface area contributed by atoms with Crippen molar-refractivity contribution in [1.29, 1.82) is 0 Å². The Kier molecular flexibility index (Phi) is 6.29. The molecule has 1 aliphatic heterocycles. The fraction of sp³-hybridized carbons (Fsp3) is 0.467. The summed E-state index contributed by atoms with van der Waals surface area (Å²) in [6.45, 7) is 3.63. The van der Waals surface area contributed by atoms with Gasteiger partial charge in [0, 0.05) is 0 Å². The summed E-state index contributed by atoms with van der Waals surface area (Å²) < 4.78 is 31.1. The molecule has 2 N–H and O–H groups in total. The molecule has 0 bridgehead atoms. The van der Waals surface area contributed by atoms with Gasteiger partial charge in [0.25, 0.3) is 5.91 Å². The highest BCUT2D eigenvalue weighted by molar-refractivity contribution is 7.89. The Balaban J connectivity index is 1.85. The minimum Gasteiger partial charge on any atom is -0.450 e. The third kappa shape index (κ3) is 4.76. The molecule has 1 saturated heterocycles. The molecular weight excluding hydrogens is 334 g/mol. The number of ether oxygens (including phenoxy) is 1. The number of nitrogens with one attached hydrogen (secondary N) is 2. The Hall–Kier alpha value is -1.97. The average molecular weight is 356 g/mol. The highest BCUT2D eigenvalue weighted by Gasteiger charge is 2.31. The first-order valence-corrected chi connectivity index (χ1v) is 9.23. The standard InChI is InChI=1S/C15H21N3O5S/c1-2-23-15(20)16-14(19)12-17-8-10-18(11-9-17)24(21,22)13-6-4-3-5-7-13/h3-7H,2,8-12H2,1H3,(H,16,19,20)/p+1. The molecule has 1 aliphatic rings. The maximum atomic E-state index is 12.5. The third-order valence-corrected chi connectivity index (χ3v) is 5.65. The minimum absolute atomic E-state index is 0.109. The number of sulfonamides is 1. The van der Waals surface area contributed by atoms with E-state index >= 15 is 0 Å².